The number of nitrogens with zero attached hydrogens (tertiary/aromatic N) is 1. The van der Waals surface area contributed by atoms with Crippen molar-refractivity contribution in [2.75, 3.05) is 17.8 Å². The highest BCUT2D eigenvalue weighted by Gasteiger charge is 2.18. The SMILES string of the molecule is N#Cc1cccc(C(=O)c2sc(Nc3ccc4c(c3)OCO4)cc2N)c1. The summed E-state index contributed by atoms with van der Waals surface area (Å²) in [4.78, 5) is 13.1. The van der Waals surface area contributed by atoms with Gasteiger partial charge in [0.05, 0.1) is 22.3 Å². The number of fused-ring (bicyclic) bond motifs is 1. The smallest absolute Gasteiger partial charge is 0.231 e. The third-order valence-electron chi connectivity index (χ3n) is 3.86. The summed E-state index contributed by atoms with van der Waals surface area (Å²) >= 11 is 1.26. The van der Waals surface area contributed by atoms with Gasteiger partial charge in [-0.1, -0.05) is 12.1 Å². The van der Waals surface area contributed by atoms with E-state index in [0.29, 0.717) is 33.2 Å². The number of anilines is 3. The molecule has 0 bridgehead atoms. The molecule has 0 aliphatic carbocycles. The Hall–Kier alpha value is -3.50. The number of thiophene rings is 1. The first-order valence-electron chi connectivity index (χ1n) is 7.75. The number of benzene rings is 2. The van der Waals surface area contributed by atoms with Gasteiger partial charge in [0.25, 0.3) is 0 Å². The number of nitriles is 1. The zero-order valence-electron chi connectivity index (χ0n) is 13.5. The first kappa shape index (κ1) is 16.0. The molecule has 2 aromatic carbocycles. The van der Waals surface area contributed by atoms with Gasteiger partial charge >= 0.3 is 0 Å². The molecule has 26 heavy (non-hydrogen) atoms. The Labute approximate surface area is 153 Å². The van der Waals surface area contributed by atoms with Crippen LogP contribution in [-0.2, 0) is 0 Å². The van der Waals surface area contributed by atoms with Gasteiger partial charge in [-0.3, -0.25) is 4.79 Å². The fourth-order valence-electron chi connectivity index (χ4n) is 2.62. The fourth-order valence-corrected chi connectivity index (χ4v) is 3.58. The number of carbonyl (C=O) groups excluding carboxylic acids is 1. The van der Waals surface area contributed by atoms with E-state index in [1.54, 1.807) is 30.3 Å². The number of ether oxygens (including phenoxy) is 2. The lowest BCUT2D eigenvalue weighted by atomic mass is 10.1. The molecule has 0 saturated carbocycles. The summed E-state index contributed by atoms with van der Waals surface area (Å²) < 4.78 is 10.7. The number of nitrogens with two attached hydrogens (primary N) is 1. The number of hydrogen-bond donors (Lipinski definition) is 2. The van der Waals surface area contributed by atoms with Crippen LogP contribution in [0.3, 0.4) is 0 Å². The molecule has 2 heterocycles. The molecule has 4 rings (SSSR count). The van der Waals surface area contributed by atoms with Crippen molar-refractivity contribution in [2.45, 2.75) is 0 Å². The highest BCUT2D eigenvalue weighted by atomic mass is 32.1. The molecule has 1 aliphatic rings. The van der Waals surface area contributed by atoms with Gasteiger partial charge in [-0.2, -0.15) is 5.26 Å². The Morgan fingerprint density at radius 3 is 2.85 bits per heavy atom. The molecular weight excluding hydrogens is 350 g/mol. The third kappa shape index (κ3) is 2.94. The van der Waals surface area contributed by atoms with Crippen LogP contribution in [0.5, 0.6) is 11.5 Å². The quantitative estimate of drug-likeness (QED) is 0.682. The van der Waals surface area contributed by atoms with E-state index in [1.165, 1.54) is 11.3 Å². The van der Waals surface area contributed by atoms with Gasteiger partial charge in [-0.15, -0.1) is 11.3 Å². The maximum Gasteiger partial charge on any atom is 0.231 e. The van der Waals surface area contributed by atoms with Crippen LogP contribution in [0.25, 0.3) is 0 Å². The molecule has 0 unspecified atom stereocenters. The van der Waals surface area contributed by atoms with E-state index in [2.05, 4.69) is 5.32 Å². The summed E-state index contributed by atoms with van der Waals surface area (Å²) in [7, 11) is 0. The Kier molecular flexibility index (Phi) is 3.95. The van der Waals surface area contributed by atoms with Crippen molar-refractivity contribution in [3.8, 4) is 17.6 Å². The van der Waals surface area contributed by atoms with Gasteiger partial charge in [-0.25, -0.2) is 0 Å². The molecule has 0 amide bonds. The zero-order chi connectivity index (χ0) is 18.1. The van der Waals surface area contributed by atoms with Crippen LogP contribution < -0.4 is 20.5 Å². The summed E-state index contributed by atoms with van der Waals surface area (Å²) in [6, 6.07) is 15.8. The van der Waals surface area contributed by atoms with Crippen LogP contribution in [0.4, 0.5) is 16.4 Å². The topological polar surface area (TPSA) is 97.4 Å². The van der Waals surface area contributed by atoms with Gasteiger partial charge < -0.3 is 20.5 Å². The number of rotatable bonds is 4. The number of nitrogens with one attached hydrogen (secondary N) is 1. The average Bonchev–Trinajstić information content (AvgIpc) is 3.27. The maximum absolute atomic E-state index is 12.7. The van der Waals surface area contributed by atoms with E-state index in [0.717, 1.165) is 10.7 Å². The van der Waals surface area contributed by atoms with E-state index in [-0.39, 0.29) is 12.6 Å². The Balaban J connectivity index is 1.59. The van der Waals surface area contributed by atoms with Gasteiger partial charge in [0.1, 0.15) is 4.88 Å². The van der Waals surface area contributed by atoms with Crippen molar-refractivity contribution >= 4 is 33.5 Å². The molecule has 0 radical (unpaired) electrons. The normalized spacial score (nSPS) is 11.8. The minimum Gasteiger partial charge on any atom is -0.454 e. The number of hydrogen-bond acceptors (Lipinski definition) is 7. The van der Waals surface area contributed by atoms with E-state index in [9.17, 15) is 4.79 Å². The van der Waals surface area contributed by atoms with Crippen molar-refractivity contribution in [3.05, 3.63) is 64.5 Å². The Bertz CT molecular complexity index is 1050. The highest BCUT2D eigenvalue weighted by molar-refractivity contribution is 7.18. The number of nitrogen functional groups attached to an aromatic ring is 1. The van der Waals surface area contributed by atoms with Crippen LogP contribution in [0, 0.1) is 11.3 Å². The van der Waals surface area contributed by atoms with Crippen LogP contribution >= 0.6 is 11.3 Å². The summed E-state index contributed by atoms with van der Waals surface area (Å²) in [6.07, 6.45) is 0. The predicted octanol–water partition coefficient (Wildman–Crippen LogP) is 3.91. The van der Waals surface area contributed by atoms with Crippen molar-refractivity contribution in [3.63, 3.8) is 0 Å². The van der Waals surface area contributed by atoms with Crippen molar-refractivity contribution in [1.82, 2.24) is 0 Å². The molecule has 6 nitrogen and oxygen atoms in total. The number of ketones is 1. The van der Waals surface area contributed by atoms with E-state index < -0.39 is 0 Å². The molecule has 1 aromatic heterocycles. The molecule has 1 aliphatic heterocycles. The van der Waals surface area contributed by atoms with Crippen molar-refractivity contribution in [1.29, 1.82) is 5.26 Å². The van der Waals surface area contributed by atoms with Gasteiger partial charge in [0.15, 0.2) is 11.5 Å². The Morgan fingerprint density at radius 2 is 2.00 bits per heavy atom. The molecule has 7 heteroatoms. The summed E-state index contributed by atoms with van der Waals surface area (Å²) in [5.41, 5.74) is 8.11. The van der Waals surface area contributed by atoms with Crippen molar-refractivity contribution < 1.29 is 14.3 Å². The molecule has 0 atom stereocenters. The average molecular weight is 363 g/mol. The maximum atomic E-state index is 12.7. The van der Waals surface area contributed by atoms with Gasteiger partial charge in [0.2, 0.25) is 12.6 Å². The molecule has 128 valence electrons. The minimum atomic E-state index is -0.205. The van der Waals surface area contributed by atoms with Crippen molar-refractivity contribution in [2.24, 2.45) is 0 Å². The Morgan fingerprint density at radius 1 is 1.15 bits per heavy atom. The molecule has 0 saturated heterocycles. The fraction of sp³-hybridized carbons (Fsp3) is 0.0526. The first-order valence-corrected chi connectivity index (χ1v) is 8.56. The van der Waals surface area contributed by atoms with E-state index >= 15 is 0 Å². The second kappa shape index (κ2) is 6.43. The lowest BCUT2D eigenvalue weighted by molar-refractivity contribution is 0.104. The van der Waals surface area contributed by atoms with E-state index in [1.807, 2.05) is 24.3 Å². The van der Waals surface area contributed by atoms with Gasteiger partial charge in [0, 0.05) is 17.3 Å². The standard InChI is InChI=1S/C19H13N3O3S/c20-9-11-2-1-3-12(6-11)18(23)19-14(21)8-17(26-19)22-13-4-5-15-16(7-13)25-10-24-15/h1-8,22H,10,21H2. The van der Waals surface area contributed by atoms with Crippen LogP contribution in [0.1, 0.15) is 20.8 Å². The van der Waals surface area contributed by atoms with Crippen LogP contribution in [0.2, 0.25) is 0 Å². The lowest BCUT2D eigenvalue weighted by Crippen LogP contribution is -2.02. The van der Waals surface area contributed by atoms with Crippen LogP contribution in [-0.4, -0.2) is 12.6 Å². The third-order valence-corrected chi connectivity index (χ3v) is 4.93. The molecule has 3 aromatic rings. The van der Waals surface area contributed by atoms with E-state index in [4.69, 9.17) is 20.5 Å². The monoisotopic (exact) mass is 363 g/mol. The summed E-state index contributed by atoms with van der Waals surface area (Å²) in [5.74, 6) is 1.17. The first-order chi connectivity index (χ1) is 12.6. The molecular formula is C19H13N3O3S. The zero-order valence-corrected chi connectivity index (χ0v) is 14.3. The second-order valence-electron chi connectivity index (χ2n) is 5.61. The molecule has 3 N–H and O–H groups in total. The van der Waals surface area contributed by atoms with Crippen LogP contribution in [0.15, 0.2) is 48.5 Å². The lowest BCUT2D eigenvalue weighted by Gasteiger charge is -2.04. The highest BCUT2D eigenvalue weighted by Crippen LogP contribution is 2.37. The second-order valence-corrected chi connectivity index (χ2v) is 6.66. The van der Waals surface area contributed by atoms with Gasteiger partial charge in [-0.05, 0) is 30.3 Å². The summed E-state index contributed by atoms with van der Waals surface area (Å²) in [5, 5.41) is 13.0. The largest absolute Gasteiger partial charge is 0.454 e. The molecule has 0 fully saturated rings. The predicted molar refractivity (Wildman–Crippen MR) is 99.2 cm³/mol. The minimum absolute atomic E-state index is 0.205. The number of carbonyl (C=O) groups is 1. The molecule has 0 spiro atoms. The summed E-state index contributed by atoms with van der Waals surface area (Å²) in [6.45, 7) is 0.213.